The summed E-state index contributed by atoms with van der Waals surface area (Å²) in [6.45, 7) is 5.26. The van der Waals surface area contributed by atoms with E-state index in [1.165, 1.54) is 6.07 Å². The Morgan fingerprint density at radius 3 is 2.68 bits per heavy atom. The van der Waals surface area contributed by atoms with Crippen molar-refractivity contribution in [3.63, 3.8) is 0 Å². The average molecular weight is 468 g/mol. The summed E-state index contributed by atoms with van der Waals surface area (Å²) in [4.78, 5) is 19.1. The van der Waals surface area contributed by atoms with Crippen molar-refractivity contribution in [3.8, 4) is 11.3 Å². The third kappa shape index (κ3) is 4.43. The zero-order chi connectivity index (χ0) is 23.7. The summed E-state index contributed by atoms with van der Waals surface area (Å²) in [7, 11) is 2.03. The van der Waals surface area contributed by atoms with E-state index in [0.717, 1.165) is 49.4 Å². The van der Waals surface area contributed by atoms with Gasteiger partial charge in [-0.2, -0.15) is 9.97 Å². The molecule has 0 spiro atoms. The number of morpholine rings is 1. The second-order valence-corrected chi connectivity index (χ2v) is 8.95. The van der Waals surface area contributed by atoms with Gasteiger partial charge in [0.2, 0.25) is 5.95 Å². The number of fused-ring (bicyclic) bond motifs is 1. The SMILES string of the molecule is CC1COCCN1c1nc(N(C)C2CCOCC2)nc2nc(-c3ccc(F)c(CO)c3)ccc12. The Kier molecular flexibility index (Phi) is 6.58. The highest BCUT2D eigenvalue weighted by Crippen LogP contribution is 2.31. The van der Waals surface area contributed by atoms with Gasteiger partial charge in [-0.05, 0) is 50.1 Å². The molecule has 2 aromatic heterocycles. The van der Waals surface area contributed by atoms with Crippen LogP contribution in [0.2, 0.25) is 0 Å². The quantitative estimate of drug-likeness (QED) is 0.613. The first-order chi connectivity index (χ1) is 16.5. The van der Waals surface area contributed by atoms with Crippen molar-refractivity contribution in [2.24, 2.45) is 0 Å². The van der Waals surface area contributed by atoms with Crippen LogP contribution in [0.1, 0.15) is 25.3 Å². The number of ether oxygens (including phenoxy) is 2. The van der Waals surface area contributed by atoms with Crippen LogP contribution in [0.15, 0.2) is 30.3 Å². The third-order valence-corrected chi connectivity index (χ3v) is 6.73. The number of rotatable bonds is 5. The Hall–Kier alpha value is -2.88. The highest BCUT2D eigenvalue weighted by atomic mass is 19.1. The Morgan fingerprint density at radius 2 is 1.91 bits per heavy atom. The van der Waals surface area contributed by atoms with E-state index < -0.39 is 5.82 Å². The van der Waals surface area contributed by atoms with Crippen LogP contribution in [0.25, 0.3) is 22.3 Å². The van der Waals surface area contributed by atoms with Gasteiger partial charge in [0, 0.05) is 44.0 Å². The number of hydrogen-bond donors (Lipinski definition) is 1. The normalized spacial score (nSPS) is 19.5. The largest absolute Gasteiger partial charge is 0.392 e. The van der Waals surface area contributed by atoms with Gasteiger partial charge in [0.15, 0.2) is 5.65 Å². The van der Waals surface area contributed by atoms with E-state index in [9.17, 15) is 9.50 Å². The molecular formula is C25H30FN5O3. The summed E-state index contributed by atoms with van der Waals surface area (Å²) in [5.74, 6) is 1.05. The minimum atomic E-state index is -0.432. The number of aliphatic hydroxyl groups is 1. The van der Waals surface area contributed by atoms with E-state index in [0.29, 0.717) is 36.5 Å². The van der Waals surface area contributed by atoms with Crippen LogP contribution in [0, 0.1) is 5.82 Å². The molecule has 180 valence electrons. The molecule has 2 aliphatic heterocycles. The van der Waals surface area contributed by atoms with Gasteiger partial charge < -0.3 is 24.4 Å². The third-order valence-electron chi connectivity index (χ3n) is 6.73. The molecule has 5 rings (SSSR count). The summed E-state index contributed by atoms with van der Waals surface area (Å²) < 4.78 is 25.1. The van der Waals surface area contributed by atoms with Crippen molar-refractivity contribution < 1.29 is 19.0 Å². The highest BCUT2D eigenvalue weighted by molar-refractivity contribution is 5.90. The minimum Gasteiger partial charge on any atom is -0.392 e. The van der Waals surface area contributed by atoms with Gasteiger partial charge in [-0.15, -0.1) is 0 Å². The molecule has 1 atom stereocenters. The molecule has 1 unspecified atom stereocenters. The molecule has 0 saturated carbocycles. The van der Waals surface area contributed by atoms with Crippen LogP contribution >= 0.6 is 0 Å². The van der Waals surface area contributed by atoms with Gasteiger partial charge in [0.05, 0.1) is 36.9 Å². The van der Waals surface area contributed by atoms with E-state index in [1.54, 1.807) is 12.1 Å². The number of pyridine rings is 1. The van der Waals surface area contributed by atoms with E-state index >= 15 is 0 Å². The molecule has 2 aliphatic rings. The molecule has 9 heteroatoms. The standard InChI is InChI=1S/C25H30FN5O3/c1-16-15-34-12-9-31(16)24-20-4-6-22(17-3-5-21(26)18(13-17)14-32)27-23(20)28-25(29-24)30(2)19-7-10-33-11-8-19/h3-6,13,16,19,32H,7-12,14-15H2,1-2H3. The van der Waals surface area contributed by atoms with Gasteiger partial charge in [-0.1, -0.05) is 0 Å². The monoisotopic (exact) mass is 467 g/mol. The number of aliphatic hydroxyl groups excluding tert-OH is 1. The van der Waals surface area contributed by atoms with Gasteiger partial charge in [-0.25, -0.2) is 9.37 Å². The molecule has 2 saturated heterocycles. The zero-order valence-corrected chi connectivity index (χ0v) is 19.6. The summed E-state index contributed by atoms with van der Waals surface area (Å²) in [5, 5.41) is 10.3. The maximum Gasteiger partial charge on any atom is 0.229 e. The van der Waals surface area contributed by atoms with Crippen molar-refractivity contribution in [3.05, 3.63) is 41.7 Å². The van der Waals surface area contributed by atoms with Gasteiger partial charge >= 0.3 is 0 Å². The predicted octanol–water partition coefficient (Wildman–Crippen LogP) is 3.16. The number of aromatic nitrogens is 3. The molecule has 2 fully saturated rings. The average Bonchev–Trinajstić information content (AvgIpc) is 2.88. The van der Waals surface area contributed by atoms with E-state index in [-0.39, 0.29) is 18.2 Å². The molecule has 34 heavy (non-hydrogen) atoms. The fourth-order valence-corrected chi connectivity index (χ4v) is 4.65. The Labute approximate surface area is 198 Å². The second-order valence-electron chi connectivity index (χ2n) is 8.95. The first-order valence-electron chi connectivity index (χ1n) is 11.8. The fraction of sp³-hybridized carbons (Fsp3) is 0.480. The number of benzene rings is 1. The van der Waals surface area contributed by atoms with Crippen LogP contribution in [-0.4, -0.2) is 72.2 Å². The van der Waals surface area contributed by atoms with E-state index in [2.05, 4.69) is 16.7 Å². The van der Waals surface area contributed by atoms with Crippen molar-refractivity contribution in [2.75, 3.05) is 49.8 Å². The Morgan fingerprint density at radius 1 is 1.09 bits per heavy atom. The fourth-order valence-electron chi connectivity index (χ4n) is 4.65. The van der Waals surface area contributed by atoms with Crippen molar-refractivity contribution >= 4 is 22.8 Å². The van der Waals surface area contributed by atoms with Crippen LogP contribution in [0.3, 0.4) is 0 Å². The summed E-state index contributed by atoms with van der Waals surface area (Å²) in [6.07, 6.45) is 1.85. The molecule has 0 aliphatic carbocycles. The first kappa shape index (κ1) is 22.9. The van der Waals surface area contributed by atoms with Crippen molar-refractivity contribution in [2.45, 2.75) is 38.5 Å². The van der Waals surface area contributed by atoms with Crippen LogP contribution < -0.4 is 9.80 Å². The molecular weight excluding hydrogens is 437 g/mol. The summed E-state index contributed by atoms with van der Waals surface area (Å²) >= 11 is 0. The molecule has 0 bridgehead atoms. The van der Waals surface area contributed by atoms with Crippen LogP contribution in [-0.2, 0) is 16.1 Å². The van der Waals surface area contributed by atoms with E-state index in [4.69, 9.17) is 24.4 Å². The first-order valence-corrected chi connectivity index (χ1v) is 11.8. The summed E-state index contributed by atoms with van der Waals surface area (Å²) in [6, 6.07) is 9.02. The maximum atomic E-state index is 13.9. The lowest BCUT2D eigenvalue weighted by Gasteiger charge is -2.36. The lowest BCUT2D eigenvalue weighted by Crippen LogP contribution is -2.44. The molecule has 4 heterocycles. The highest BCUT2D eigenvalue weighted by Gasteiger charge is 2.27. The Balaban J connectivity index is 1.62. The zero-order valence-electron chi connectivity index (χ0n) is 19.6. The predicted molar refractivity (Wildman–Crippen MR) is 129 cm³/mol. The lowest BCUT2D eigenvalue weighted by atomic mass is 10.1. The van der Waals surface area contributed by atoms with Crippen molar-refractivity contribution in [1.29, 1.82) is 0 Å². The number of hydrogen-bond acceptors (Lipinski definition) is 8. The Bertz CT molecular complexity index is 1170. The lowest BCUT2D eigenvalue weighted by molar-refractivity contribution is 0.0852. The van der Waals surface area contributed by atoms with Gasteiger partial charge in [0.25, 0.3) is 0 Å². The molecule has 1 N–H and O–H groups in total. The number of halogens is 1. The van der Waals surface area contributed by atoms with Crippen LogP contribution in [0.5, 0.6) is 0 Å². The molecule has 0 amide bonds. The summed E-state index contributed by atoms with van der Waals surface area (Å²) in [5.41, 5.74) is 2.22. The second kappa shape index (κ2) is 9.77. The molecule has 3 aromatic rings. The smallest absolute Gasteiger partial charge is 0.229 e. The number of nitrogens with zero attached hydrogens (tertiary/aromatic N) is 5. The number of anilines is 2. The van der Waals surface area contributed by atoms with Crippen molar-refractivity contribution in [1.82, 2.24) is 15.0 Å². The van der Waals surface area contributed by atoms with Gasteiger partial charge in [0.1, 0.15) is 11.6 Å². The molecule has 8 nitrogen and oxygen atoms in total. The molecule has 1 aromatic carbocycles. The van der Waals surface area contributed by atoms with Gasteiger partial charge in [-0.3, -0.25) is 0 Å². The topological polar surface area (TPSA) is 83.8 Å². The molecule has 0 radical (unpaired) electrons. The van der Waals surface area contributed by atoms with Crippen LogP contribution in [0.4, 0.5) is 16.2 Å². The minimum absolute atomic E-state index is 0.178. The van der Waals surface area contributed by atoms with E-state index in [1.807, 2.05) is 19.2 Å². The maximum absolute atomic E-state index is 13.9.